The third-order valence-electron chi connectivity index (χ3n) is 5.13. The summed E-state index contributed by atoms with van der Waals surface area (Å²) in [5.41, 5.74) is 1.07. The molecule has 0 aliphatic heterocycles. The fourth-order valence-electron chi connectivity index (χ4n) is 3.17. The van der Waals surface area contributed by atoms with Crippen molar-refractivity contribution in [1.82, 2.24) is 4.90 Å². The van der Waals surface area contributed by atoms with Gasteiger partial charge < -0.3 is 13.8 Å². The summed E-state index contributed by atoms with van der Waals surface area (Å²) in [4.78, 5) is 14.7. The van der Waals surface area contributed by atoms with Crippen LogP contribution in [-0.4, -0.2) is 45.5 Å². The van der Waals surface area contributed by atoms with Gasteiger partial charge in [0.05, 0.1) is 12.2 Å². The van der Waals surface area contributed by atoms with Gasteiger partial charge in [0.25, 0.3) is 0 Å². The first-order valence-electron chi connectivity index (χ1n) is 11.4. The van der Waals surface area contributed by atoms with Crippen LogP contribution in [0.4, 0.5) is 0 Å². The first-order chi connectivity index (χ1) is 15.4. The lowest BCUT2D eigenvalue weighted by Crippen LogP contribution is -2.28. The van der Waals surface area contributed by atoms with Crippen molar-refractivity contribution in [3.8, 4) is 5.75 Å². The van der Waals surface area contributed by atoms with Crippen LogP contribution in [-0.2, 0) is 14.3 Å². The highest BCUT2D eigenvalue weighted by Gasteiger charge is 2.21. The molecule has 0 fully saturated rings. The molecule has 0 aliphatic rings. The van der Waals surface area contributed by atoms with Gasteiger partial charge in [0.2, 0.25) is 0 Å². The van der Waals surface area contributed by atoms with Crippen LogP contribution >= 0.6 is 0 Å². The van der Waals surface area contributed by atoms with Crippen molar-refractivity contribution in [3.63, 3.8) is 0 Å². The summed E-state index contributed by atoms with van der Waals surface area (Å²) in [5.74, 6) is -0.281. The van der Waals surface area contributed by atoms with Gasteiger partial charge in [-0.25, -0.2) is 4.79 Å². The number of hydrogen-bond donors (Lipinski definition) is 0. The molecule has 176 valence electrons. The van der Waals surface area contributed by atoms with Crippen molar-refractivity contribution in [2.75, 3.05) is 26.2 Å². The predicted octanol–water partition coefficient (Wildman–Crippen LogP) is 5.21. The predicted molar refractivity (Wildman–Crippen MR) is 127 cm³/mol. The highest BCUT2D eigenvalue weighted by Crippen LogP contribution is 2.18. The van der Waals surface area contributed by atoms with Crippen LogP contribution in [0.2, 0.25) is 0 Å². The van der Waals surface area contributed by atoms with Gasteiger partial charge >= 0.3 is 16.1 Å². The number of carbonyl (C=O) groups excluding carboxylic acids is 1. The third-order valence-corrected chi connectivity index (χ3v) is 6.35. The Bertz CT molecular complexity index is 916. The molecule has 0 aromatic heterocycles. The summed E-state index contributed by atoms with van der Waals surface area (Å²) in [6.45, 7) is 10.1. The van der Waals surface area contributed by atoms with Gasteiger partial charge in [-0.15, -0.1) is 0 Å². The summed E-state index contributed by atoms with van der Waals surface area (Å²) in [7, 11) is -4.16. The van der Waals surface area contributed by atoms with Crippen LogP contribution in [0.25, 0.3) is 0 Å². The van der Waals surface area contributed by atoms with E-state index in [-0.39, 0.29) is 10.5 Å². The Balaban J connectivity index is 1.83. The monoisotopic (exact) mass is 461 g/mol. The summed E-state index contributed by atoms with van der Waals surface area (Å²) in [6.07, 6.45) is 5.73. The van der Waals surface area contributed by atoms with E-state index >= 15 is 0 Å². The molecule has 0 N–H and O–H groups in total. The van der Waals surface area contributed by atoms with Gasteiger partial charge in [0.1, 0.15) is 10.6 Å². The quantitative estimate of drug-likeness (QED) is 0.284. The highest BCUT2D eigenvalue weighted by molar-refractivity contribution is 7.87. The fraction of sp³-hybridized carbons (Fsp3) is 0.480. The zero-order valence-corrected chi connectivity index (χ0v) is 20.2. The molecule has 2 aromatic rings. The van der Waals surface area contributed by atoms with Crippen LogP contribution in [0.3, 0.4) is 0 Å². The van der Waals surface area contributed by atoms with Gasteiger partial charge in [-0.3, -0.25) is 0 Å². The molecule has 0 aliphatic carbocycles. The van der Waals surface area contributed by atoms with Gasteiger partial charge in [0, 0.05) is 6.54 Å². The first kappa shape index (κ1) is 25.9. The Morgan fingerprint density at radius 1 is 0.844 bits per heavy atom. The van der Waals surface area contributed by atoms with E-state index in [1.165, 1.54) is 49.9 Å². The van der Waals surface area contributed by atoms with Crippen LogP contribution < -0.4 is 4.74 Å². The maximum atomic E-state index is 12.3. The maximum absolute atomic E-state index is 12.3. The Morgan fingerprint density at radius 3 is 1.97 bits per heavy atom. The number of aryl methyl sites for hydroxylation is 1. The molecular weight excluding hydrogens is 426 g/mol. The van der Waals surface area contributed by atoms with E-state index in [1.54, 1.807) is 24.3 Å². The summed E-state index contributed by atoms with van der Waals surface area (Å²) < 4.78 is 35.1. The van der Waals surface area contributed by atoms with E-state index < -0.39 is 16.1 Å². The molecule has 7 heteroatoms. The summed E-state index contributed by atoms with van der Waals surface area (Å²) >= 11 is 0. The second kappa shape index (κ2) is 13.2. The molecule has 0 atom stereocenters. The smallest absolute Gasteiger partial charge is 0.354 e. The number of hydrogen-bond acceptors (Lipinski definition) is 6. The number of ether oxygens (including phenoxy) is 1. The van der Waals surface area contributed by atoms with Crippen molar-refractivity contribution < 1.29 is 22.1 Å². The van der Waals surface area contributed by atoms with E-state index in [9.17, 15) is 13.2 Å². The van der Waals surface area contributed by atoms with Crippen LogP contribution in [0.1, 0.15) is 61.9 Å². The lowest BCUT2D eigenvalue weighted by molar-refractivity contribution is 0.0746. The van der Waals surface area contributed by atoms with Crippen LogP contribution in [0.5, 0.6) is 5.75 Å². The third kappa shape index (κ3) is 8.63. The highest BCUT2D eigenvalue weighted by atomic mass is 32.2. The number of unbranched alkanes of at least 4 members (excludes halogenated alkanes) is 2. The van der Waals surface area contributed by atoms with E-state index in [2.05, 4.69) is 18.7 Å². The van der Waals surface area contributed by atoms with Crippen molar-refractivity contribution >= 4 is 16.1 Å². The van der Waals surface area contributed by atoms with E-state index in [1.807, 2.05) is 6.92 Å². The van der Waals surface area contributed by atoms with E-state index in [0.717, 1.165) is 31.6 Å². The average Bonchev–Trinajstić information content (AvgIpc) is 2.78. The van der Waals surface area contributed by atoms with Gasteiger partial charge in [-0.1, -0.05) is 44.4 Å². The lowest BCUT2D eigenvalue weighted by atomic mass is 10.2. The van der Waals surface area contributed by atoms with Crippen molar-refractivity contribution in [1.29, 1.82) is 0 Å². The minimum atomic E-state index is -4.16. The SMILES string of the molecule is CCCCN(CCCC)CCCOc1ccc(C(=O)OS(=O)(=O)c2ccc(C)cc2)cc1. The van der Waals surface area contributed by atoms with E-state index in [4.69, 9.17) is 8.92 Å². The van der Waals surface area contributed by atoms with Gasteiger partial charge in [0.15, 0.2) is 0 Å². The fourth-order valence-corrected chi connectivity index (χ4v) is 4.03. The topological polar surface area (TPSA) is 72.9 Å². The molecule has 32 heavy (non-hydrogen) atoms. The zero-order valence-electron chi connectivity index (χ0n) is 19.4. The van der Waals surface area contributed by atoms with Crippen molar-refractivity contribution in [2.24, 2.45) is 0 Å². The minimum absolute atomic E-state index is 0.0525. The molecule has 0 bridgehead atoms. The standard InChI is InChI=1S/C25H35NO5S/c1-4-6-17-26(18-7-5-2)19-8-20-30-23-13-11-22(12-14-23)25(27)31-32(28,29)24-15-9-21(3)10-16-24/h9-16H,4-8,17-20H2,1-3H3. The zero-order chi connectivity index (χ0) is 23.4. The number of carbonyl (C=O) groups is 1. The molecule has 0 saturated heterocycles. The minimum Gasteiger partial charge on any atom is -0.494 e. The van der Waals surface area contributed by atoms with Crippen molar-refractivity contribution in [3.05, 3.63) is 59.7 Å². The van der Waals surface area contributed by atoms with Gasteiger partial charge in [-0.05, 0) is 75.7 Å². The maximum Gasteiger partial charge on any atom is 0.354 e. The molecule has 0 saturated carbocycles. The molecule has 2 aromatic carbocycles. The Hall–Kier alpha value is -2.38. The molecule has 0 unspecified atom stereocenters. The lowest BCUT2D eigenvalue weighted by Gasteiger charge is -2.21. The van der Waals surface area contributed by atoms with E-state index in [0.29, 0.717) is 12.4 Å². The van der Waals surface area contributed by atoms with Crippen molar-refractivity contribution in [2.45, 2.75) is 57.8 Å². The summed E-state index contributed by atoms with van der Waals surface area (Å²) in [6, 6.07) is 12.5. The molecule has 6 nitrogen and oxygen atoms in total. The second-order valence-electron chi connectivity index (χ2n) is 7.91. The Kier molecular flexibility index (Phi) is 10.7. The summed E-state index contributed by atoms with van der Waals surface area (Å²) in [5, 5.41) is 0. The normalized spacial score (nSPS) is 11.5. The first-order valence-corrected chi connectivity index (χ1v) is 12.8. The largest absolute Gasteiger partial charge is 0.494 e. The number of rotatable bonds is 14. The molecule has 0 spiro atoms. The van der Waals surface area contributed by atoms with Gasteiger partial charge in [-0.2, -0.15) is 8.42 Å². The Labute approximate surface area is 192 Å². The number of benzene rings is 2. The molecule has 0 heterocycles. The second-order valence-corrected chi connectivity index (χ2v) is 9.46. The molecule has 0 radical (unpaired) electrons. The van der Waals surface area contributed by atoms with Crippen LogP contribution in [0, 0.1) is 6.92 Å². The molecule has 2 rings (SSSR count). The van der Waals surface area contributed by atoms with Crippen LogP contribution in [0.15, 0.2) is 53.4 Å². The molecular formula is C25H35NO5S. The average molecular weight is 462 g/mol. The Morgan fingerprint density at radius 2 is 1.41 bits per heavy atom. The number of nitrogens with zero attached hydrogens (tertiary/aromatic N) is 1. The molecule has 0 amide bonds.